The van der Waals surface area contributed by atoms with E-state index in [4.69, 9.17) is 9.84 Å². The number of methoxy groups -OCH3 is 1. The summed E-state index contributed by atoms with van der Waals surface area (Å²) < 4.78 is 34.3. The van der Waals surface area contributed by atoms with Crippen LogP contribution in [0.4, 0.5) is 0 Å². The molecule has 1 rings (SSSR count). The van der Waals surface area contributed by atoms with Gasteiger partial charge in [-0.05, 0) is 23.0 Å². The van der Waals surface area contributed by atoms with Crippen molar-refractivity contribution in [1.82, 2.24) is 0 Å². The van der Waals surface area contributed by atoms with Gasteiger partial charge in [-0.3, -0.25) is 0 Å². The van der Waals surface area contributed by atoms with E-state index >= 15 is 0 Å². The second-order valence-electron chi connectivity index (χ2n) is 3.29. The van der Waals surface area contributed by atoms with Gasteiger partial charge < -0.3 is 14.0 Å². The van der Waals surface area contributed by atoms with E-state index < -0.39 is 27.6 Å². The van der Waals surface area contributed by atoms with Gasteiger partial charge in [-0.2, -0.15) is 8.42 Å². The van der Waals surface area contributed by atoms with E-state index in [2.05, 4.69) is 8.58 Å². The van der Waals surface area contributed by atoms with E-state index in [0.29, 0.717) is 5.56 Å². The Hall–Kier alpha value is -2.38. The first kappa shape index (κ1) is 14.7. The Balaban J connectivity index is 3.50. The third kappa shape index (κ3) is 3.30. The molecule has 0 radical (unpaired) electrons. The van der Waals surface area contributed by atoms with Crippen LogP contribution in [0.15, 0.2) is 16.5 Å². The number of ether oxygens (including phenoxy) is 1. The van der Waals surface area contributed by atoms with Crippen LogP contribution in [0.2, 0.25) is 0 Å². The quantitative estimate of drug-likeness (QED) is 0.624. The van der Waals surface area contributed by atoms with Gasteiger partial charge in [0.2, 0.25) is 5.75 Å². The van der Waals surface area contributed by atoms with Crippen molar-refractivity contribution >= 4 is 22.4 Å². The van der Waals surface area contributed by atoms with Gasteiger partial charge in [0.1, 0.15) is 5.56 Å². The number of carbonyl (C=O) groups is 1. The van der Waals surface area contributed by atoms with Gasteiger partial charge in [0, 0.05) is 0 Å². The lowest BCUT2D eigenvalue weighted by Crippen LogP contribution is -2.11. The Morgan fingerprint density at radius 2 is 2.00 bits per heavy atom. The maximum Gasteiger partial charge on any atom is 0.439 e. The van der Waals surface area contributed by atoms with Gasteiger partial charge in [0.05, 0.1) is 7.11 Å². The molecule has 0 amide bonds. The molecule has 0 spiro atoms. The summed E-state index contributed by atoms with van der Waals surface area (Å²) in [5, 5.41) is 8.96. The number of rotatable bonds is 5. The molecule has 1 aromatic rings. The molecule has 0 heterocycles. The minimum absolute atomic E-state index is 0.0791. The SMILES string of the molecule is COc1c(C)ccc(C(=O)O)c1OS(=O)(=O)N=C=O. The monoisotopic (exact) mass is 287 g/mol. The van der Waals surface area contributed by atoms with E-state index in [1.54, 1.807) is 6.92 Å². The highest BCUT2D eigenvalue weighted by atomic mass is 32.2. The number of carboxylic acid groups (broad SMARTS) is 1. The van der Waals surface area contributed by atoms with Crippen LogP contribution < -0.4 is 8.92 Å². The van der Waals surface area contributed by atoms with Crippen molar-refractivity contribution in [3.8, 4) is 11.5 Å². The summed E-state index contributed by atoms with van der Waals surface area (Å²) >= 11 is 0. The van der Waals surface area contributed by atoms with Crippen molar-refractivity contribution in [2.75, 3.05) is 7.11 Å². The van der Waals surface area contributed by atoms with Gasteiger partial charge in [0.15, 0.2) is 5.75 Å². The van der Waals surface area contributed by atoms with Gasteiger partial charge in [0.25, 0.3) is 6.08 Å². The normalized spacial score (nSPS) is 10.4. The number of carbonyl (C=O) groups excluding carboxylic acids is 1. The molecular formula is C10H9NO7S. The van der Waals surface area contributed by atoms with Crippen LogP contribution in [0.3, 0.4) is 0 Å². The molecule has 0 saturated heterocycles. The predicted molar refractivity (Wildman–Crippen MR) is 62.4 cm³/mol. The summed E-state index contributed by atoms with van der Waals surface area (Å²) in [5.74, 6) is -2.04. The van der Waals surface area contributed by atoms with Crippen LogP contribution in [0, 0.1) is 6.92 Å². The first-order valence-corrected chi connectivity index (χ1v) is 6.13. The topological polar surface area (TPSA) is 119 Å². The van der Waals surface area contributed by atoms with Crippen LogP contribution in [-0.2, 0) is 15.1 Å². The highest BCUT2D eigenvalue weighted by Gasteiger charge is 2.23. The fourth-order valence-corrected chi connectivity index (χ4v) is 1.84. The molecule has 0 bridgehead atoms. The number of benzene rings is 1. The molecule has 0 saturated carbocycles. The highest BCUT2D eigenvalue weighted by molar-refractivity contribution is 7.85. The summed E-state index contributed by atoms with van der Waals surface area (Å²) in [6, 6.07) is 2.57. The van der Waals surface area contributed by atoms with E-state index in [9.17, 15) is 18.0 Å². The minimum atomic E-state index is -4.63. The number of aromatic carboxylic acids is 1. The second kappa shape index (κ2) is 5.51. The van der Waals surface area contributed by atoms with E-state index in [-0.39, 0.29) is 5.75 Å². The van der Waals surface area contributed by atoms with Gasteiger partial charge in [-0.15, -0.1) is 0 Å². The average molecular weight is 287 g/mol. The summed E-state index contributed by atoms with van der Waals surface area (Å²) in [6.07, 6.45) is 0.803. The van der Waals surface area contributed by atoms with Crippen LogP contribution in [0.5, 0.6) is 11.5 Å². The standard InChI is InChI=1S/C10H9NO7S/c1-6-3-4-7(10(13)14)9(8(6)17-2)18-19(15,16)11-5-12/h3-4H,1-2H3,(H,13,14). The number of hydrogen-bond donors (Lipinski definition) is 1. The zero-order valence-electron chi connectivity index (χ0n) is 9.91. The lowest BCUT2D eigenvalue weighted by molar-refractivity contribution is 0.0694. The molecule has 8 nitrogen and oxygen atoms in total. The van der Waals surface area contributed by atoms with Crippen LogP contribution in [-0.4, -0.2) is 32.7 Å². The molecule has 0 aliphatic carbocycles. The van der Waals surface area contributed by atoms with Crippen molar-refractivity contribution in [3.63, 3.8) is 0 Å². The number of carboxylic acids is 1. The molecule has 0 unspecified atom stereocenters. The van der Waals surface area contributed by atoms with Crippen LogP contribution in [0.25, 0.3) is 0 Å². The smallest absolute Gasteiger partial charge is 0.439 e. The van der Waals surface area contributed by atoms with Crippen molar-refractivity contribution < 1.29 is 32.0 Å². The largest absolute Gasteiger partial charge is 0.492 e. The molecule has 0 fully saturated rings. The predicted octanol–water partition coefficient (Wildman–Crippen LogP) is 0.661. The van der Waals surface area contributed by atoms with Gasteiger partial charge >= 0.3 is 16.3 Å². The summed E-state index contributed by atoms with van der Waals surface area (Å²) in [5.41, 5.74) is 0.0138. The maximum atomic E-state index is 11.3. The van der Waals surface area contributed by atoms with Crippen LogP contribution >= 0.6 is 0 Å². The fraction of sp³-hybridized carbons (Fsp3) is 0.200. The first-order chi connectivity index (χ1) is 8.82. The van der Waals surface area contributed by atoms with Gasteiger partial charge in [-0.1, -0.05) is 6.07 Å². The molecule has 0 aromatic heterocycles. The molecule has 0 aliphatic rings. The molecule has 0 atom stereocenters. The van der Waals surface area contributed by atoms with Gasteiger partial charge in [-0.25, -0.2) is 9.59 Å². The zero-order chi connectivity index (χ0) is 14.6. The molecule has 0 aliphatic heterocycles. The Kier molecular flexibility index (Phi) is 4.26. The van der Waals surface area contributed by atoms with E-state index in [0.717, 1.165) is 12.1 Å². The molecular weight excluding hydrogens is 278 g/mol. The molecule has 102 valence electrons. The fourth-order valence-electron chi connectivity index (χ4n) is 1.34. The Bertz CT molecular complexity index is 659. The number of hydrogen-bond acceptors (Lipinski definition) is 6. The van der Waals surface area contributed by atoms with Crippen molar-refractivity contribution in [1.29, 1.82) is 0 Å². The molecule has 19 heavy (non-hydrogen) atoms. The summed E-state index contributed by atoms with van der Waals surface area (Å²) in [6.45, 7) is 1.56. The third-order valence-electron chi connectivity index (χ3n) is 2.08. The Labute approximate surface area is 108 Å². The Morgan fingerprint density at radius 3 is 2.47 bits per heavy atom. The van der Waals surface area contributed by atoms with Crippen molar-refractivity contribution in [3.05, 3.63) is 23.3 Å². The average Bonchev–Trinajstić information content (AvgIpc) is 2.28. The minimum Gasteiger partial charge on any atom is -0.492 e. The van der Waals surface area contributed by atoms with Crippen molar-refractivity contribution in [2.45, 2.75) is 6.92 Å². The molecule has 9 heteroatoms. The summed E-state index contributed by atoms with van der Waals surface area (Å²) in [7, 11) is -3.41. The van der Waals surface area contributed by atoms with Crippen LogP contribution in [0.1, 0.15) is 15.9 Å². The molecule has 1 N–H and O–H groups in total. The second-order valence-corrected chi connectivity index (χ2v) is 4.50. The third-order valence-corrected chi connectivity index (χ3v) is 2.76. The lowest BCUT2D eigenvalue weighted by atomic mass is 10.1. The Morgan fingerprint density at radius 1 is 1.37 bits per heavy atom. The van der Waals surface area contributed by atoms with Crippen molar-refractivity contribution in [2.24, 2.45) is 4.40 Å². The highest BCUT2D eigenvalue weighted by Crippen LogP contribution is 2.35. The van der Waals surface area contributed by atoms with E-state index in [1.165, 1.54) is 13.2 Å². The number of nitrogens with zero attached hydrogens (tertiary/aromatic N) is 1. The number of aryl methyl sites for hydroxylation is 1. The number of isocyanates is 1. The first-order valence-electron chi connectivity index (χ1n) is 4.77. The molecule has 1 aromatic carbocycles. The summed E-state index contributed by atoms with van der Waals surface area (Å²) in [4.78, 5) is 21.0. The van der Waals surface area contributed by atoms with E-state index in [1.807, 2.05) is 0 Å². The zero-order valence-corrected chi connectivity index (χ0v) is 10.7. The lowest BCUT2D eigenvalue weighted by Gasteiger charge is -2.12. The maximum absolute atomic E-state index is 11.3.